The molecule has 0 aliphatic heterocycles. The third-order valence-corrected chi connectivity index (χ3v) is 6.06. The largest absolute Gasteiger partial charge is 0.294 e. The number of ketones is 1. The van der Waals surface area contributed by atoms with Crippen molar-refractivity contribution in [2.24, 2.45) is 23.2 Å². The van der Waals surface area contributed by atoms with Crippen molar-refractivity contribution in [3.8, 4) is 0 Å². The maximum absolute atomic E-state index is 13.5. The first kappa shape index (κ1) is 13.5. The highest BCUT2D eigenvalue weighted by molar-refractivity contribution is 5.96. The number of hydrogen-bond donors (Lipinski definition) is 0. The molecular formula is C19H23FO. The number of rotatable bonds is 3. The number of hydrogen-bond acceptors (Lipinski definition) is 1. The lowest BCUT2D eigenvalue weighted by atomic mass is 9.48. The molecule has 0 radical (unpaired) electrons. The van der Waals surface area contributed by atoms with Crippen LogP contribution in [0.3, 0.4) is 0 Å². The van der Waals surface area contributed by atoms with Gasteiger partial charge in [-0.3, -0.25) is 4.79 Å². The summed E-state index contributed by atoms with van der Waals surface area (Å²) in [6.07, 6.45) is 8.53. The van der Waals surface area contributed by atoms with Gasteiger partial charge in [0.1, 0.15) is 5.82 Å². The van der Waals surface area contributed by atoms with E-state index in [2.05, 4.69) is 0 Å². The van der Waals surface area contributed by atoms with Crippen LogP contribution in [0.1, 0.15) is 60.9 Å². The normalized spacial score (nSPS) is 37.0. The van der Waals surface area contributed by atoms with E-state index in [1.54, 1.807) is 0 Å². The zero-order valence-electron chi connectivity index (χ0n) is 12.7. The minimum Gasteiger partial charge on any atom is -0.294 e. The van der Waals surface area contributed by atoms with E-state index in [0.717, 1.165) is 23.3 Å². The van der Waals surface area contributed by atoms with Crippen molar-refractivity contribution in [3.63, 3.8) is 0 Å². The molecule has 4 saturated carbocycles. The molecule has 4 aliphatic carbocycles. The molecule has 4 aliphatic rings. The molecule has 112 valence electrons. The second-order valence-electron chi connectivity index (χ2n) is 8.03. The summed E-state index contributed by atoms with van der Waals surface area (Å²) in [5, 5.41) is 0. The van der Waals surface area contributed by atoms with Gasteiger partial charge in [-0.15, -0.1) is 0 Å². The quantitative estimate of drug-likeness (QED) is 0.720. The van der Waals surface area contributed by atoms with Crippen LogP contribution in [0, 0.1) is 35.9 Å². The van der Waals surface area contributed by atoms with Gasteiger partial charge in [-0.1, -0.05) is 0 Å². The molecule has 4 bridgehead atoms. The van der Waals surface area contributed by atoms with Gasteiger partial charge in [0.15, 0.2) is 5.78 Å². The summed E-state index contributed by atoms with van der Waals surface area (Å²) in [7, 11) is 0. The molecule has 5 rings (SSSR count). The molecule has 1 aromatic carbocycles. The number of halogens is 1. The van der Waals surface area contributed by atoms with Crippen molar-refractivity contribution in [1.82, 2.24) is 0 Å². The molecule has 0 spiro atoms. The van der Waals surface area contributed by atoms with E-state index in [1.165, 1.54) is 50.7 Å². The van der Waals surface area contributed by atoms with E-state index in [-0.39, 0.29) is 17.0 Å². The summed E-state index contributed by atoms with van der Waals surface area (Å²) in [4.78, 5) is 12.7. The van der Waals surface area contributed by atoms with Gasteiger partial charge < -0.3 is 0 Å². The molecule has 0 aromatic heterocycles. The second-order valence-corrected chi connectivity index (χ2v) is 8.03. The summed E-state index contributed by atoms with van der Waals surface area (Å²) in [5.74, 6) is 2.44. The SMILES string of the molecule is Cc1cc(F)cc(C(=O)CC23CC4CC(CC(C4)C2)C3)c1. The Hall–Kier alpha value is -1.18. The highest BCUT2D eigenvalue weighted by Crippen LogP contribution is 2.61. The average Bonchev–Trinajstić information content (AvgIpc) is 2.35. The molecular weight excluding hydrogens is 263 g/mol. The van der Waals surface area contributed by atoms with E-state index < -0.39 is 0 Å². The number of carbonyl (C=O) groups excluding carboxylic acids is 1. The predicted molar refractivity (Wildman–Crippen MR) is 80.7 cm³/mol. The molecule has 2 heteroatoms. The van der Waals surface area contributed by atoms with Crippen molar-refractivity contribution in [2.45, 2.75) is 51.9 Å². The van der Waals surface area contributed by atoms with Gasteiger partial charge in [-0.2, -0.15) is 0 Å². The highest BCUT2D eigenvalue weighted by Gasteiger charge is 2.51. The van der Waals surface area contributed by atoms with Gasteiger partial charge in [0.2, 0.25) is 0 Å². The van der Waals surface area contributed by atoms with Crippen molar-refractivity contribution >= 4 is 5.78 Å². The lowest BCUT2D eigenvalue weighted by molar-refractivity contribution is -0.0524. The number of Topliss-reactive ketones (excluding diaryl/α,β-unsaturated/α-hetero) is 1. The summed E-state index contributed by atoms with van der Waals surface area (Å²) in [5.41, 5.74) is 1.65. The Labute approximate surface area is 125 Å². The van der Waals surface area contributed by atoms with Crippen LogP contribution in [0.15, 0.2) is 18.2 Å². The fourth-order valence-electron chi connectivity index (χ4n) is 5.85. The Balaban J connectivity index is 1.56. The minimum absolute atomic E-state index is 0.152. The maximum Gasteiger partial charge on any atom is 0.163 e. The molecule has 0 amide bonds. The Morgan fingerprint density at radius 2 is 1.67 bits per heavy atom. The van der Waals surface area contributed by atoms with E-state index in [1.807, 2.05) is 13.0 Å². The Morgan fingerprint density at radius 1 is 1.10 bits per heavy atom. The van der Waals surface area contributed by atoms with Crippen LogP contribution in [0.5, 0.6) is 0 Å². The zero-order valence-corrected chi connectivity index (χ0v) is 12.7. The maximum atomic E-state index is 13.5. The van der Waals surface area contributed by atoms with Crippen molar-refractivity contribution < 1.29 is 9.18 Å². The first-order chi connectivity index (χ1) is 10.0. The fraction of sp³-hybridized carbons (Fsp3) is 0.632. The Kier molecular flexibility index (Phi) is 2.99. The third-order valence-electron chi connectivity index (χ3n) is 6.06. The second kappa shape index (κ2) is 4.66. The highest BCUT2D eigenvalue weighted by atomic mass is 19.1. The average molecular weight is 286 g/mol. The molecule has 21 heavy (non-hydrogen) atoms. The number of carbonyl (C=O) groups is 1. The monoisotopic (exact) mass is 286 g/mol. The van der Waals surface area contributed by atoms with E-state index >= 15 is 0 Å². The lowest BCUT2D eigenvalue weighted by Crippen LogP contribution is -2.46. The number of aryl methyl sites for hydroxylation is 1. The first-order valence-corrected chi connectivity index (χ1v) is 8.32. The Bertz CT molecular complexity index is 534. The van der Waals surface area contributed by atoms with E-state index in [4.69, 9.17) is 0 Å². The lowest BCUT2D eigenvalue weighted by Gasteiger charge is -2.56. The van der Waals surface area contributed by atoms with Gasteiger partial charge in [-0.25, -0.2) is 4.39 Å². The molecule has 0 N–H and O–H groups in total. The van der Waals surface area contributed by atoms with Crippen molar-refractivity contribution in [2.75, 3.05) is 0 Å². The Morgan fingerprint density at radius 3 is 2.19 bits per heavy atom. The van der Waals surface area contributed by atoms with Crippen LogP contribution in [0.4, 0.5) is 4.39 Å². The minimum atomic E-state index is -0.288. The molecule has 4 fully saturated rings. The van der Waals surface area contributed by atoms with E-state index in [0.29, 0.717) is 12.0 Å². The van der Waals surface area contributed by atoms with Crippen LogP contribution >= 0.6 is 0 Å². The third kappa shape index (κ3) is 2.43. The first-order valence-electron chi connectivity index (χ1n) is 8.32. The van der Waals surface area contributed by atoms with Crippen LogP contribution in [0.25, 0.3) is 0 Å². The molecule has 0 heterocycles. The van der Waals surface area contributed by atoms with Crippen LogP contribution < -0.4 is 0 Å². The van der Waals surface area contributed by atoms with Crippen molar-refractivity contribution in [1.29, 1.82) is 0 Å². The molecule has 0 unspecified atom stereocenters. The van der Waals surface area contributed by atoms with Crippen LogP contribution in [-0.2, 0) is 0 Å². The van der Waals surface area contributed by atoms with Gasteiger partial charge >= 0.3 is 0 Å². The van der Waals surface area contributed by atoms with Gasteiger partial charge in [0.25, 0.3) is 0 Å². The van der Waals surface area contributed by atoms with Gasteiger partial charge in [0.05, 0.1) is 0 Å². The summed E-state index contributed by atoms with van der Waals surface area (Å²) < 4.78 is 13.5. The summed E-state index contributed by atoms with van der Waals surface area (Å²) in [6, 6.07) is 4.74. The molecule has 0 atom stereocenters. The van der Waals surface area contributed by atoms with Crippen LogP contribution in [-0.4, -0.2) is 5.78 Å². The molecule has 1 nitrogen and oxygen atoms in total. The standard InChI is InChI=1S/C19H23FO/c1-12-2-16(7-17(20)3-12)18(21)11-19-8-13-4-14(9-19)6-15(5-13)10-19/h2-3,7,13-15H,4-6,8-11H2,1H3. The van der Waals surface area contributed by atoms with Gasteiger partial charge in [-0.05, 0) is 92.4 Å². The van der Waals surface area contributed by atoms with E-state index in [9.17, 15) is 9.18 Å². The van der Waals surface area contributed by atoms with Gasteiger partial charge in [0, 0.05) is 12.0 Å². The zero-order chi connectivity index (χ0) is 14.6. The van der Waals surface area contributed by atoms with Crippen molar-refractivity contribution in [3.05, 3.63) is 35.1 Å². The topological polar surface area (TPSA) is 17.1 Å². The predicted octanol–water partition coefficient (Wildman–Crippen LogP) is 4.92. The molecule has 1 aromatic rings. The van der Waals surface area contributed by atoms with Crippen LogP contribution in [0.2, 0.25) is 0 Å². The summed E-state index contributed by atoms with van der Waals surface area (Å²) in [6.45, 7) is 1.85. The fourth-order valence-corrected chi connectivity index (χ4v) is 5.85. The summed E-state index contributed by atoms with van der Waals surface area (Å²) >= 11 is 0. The molecule has 0 saturated heterocycles. The smallest absolute Gasteiger partial charge is 0.163 e. The number of benzene rings is 1.